The molecule has 0 aromatic carbocycles. The first-order chi connectivity index (χ1) is 6.27. The van der Waals surface area contributed by atoms with E-state index in [9.17, 15) is 4.79 Å². The Morgan fingerprint density at radius 2 is 2.46 bits per heavy atom. The van der Waals surface area contributed by atoms with Gasteiger partial charge >= 0.3 is 0 Å². The van der Waals surface area contributed by atoms with E-state index in [2.05, 4.69) is 4.98 Å². The van der Waals surface area contributed by atoms with Crippen molar-refractivity contribution in [3.05, 3.63) is 30.2 Å². The molecule has 13 heavy (non-hydrogen) atoms. The molecule has 2 aromatic rings. The number of pyridine rings is 1. The summed E-state index contributed by atoms with van der Waals surface area (Å²) in [5, 5.41) is 0.848. The third kappa shape index (κ3) is 1.38. The van der Waals surface area contributed by atoms with Gasteiger partial charge in [0.05, 0.1) is 12.7 Å². The van der Waals surface area contributed by atoms with Gasteiger partial charge in [0.2, 0.25) is 11.6 Å². The van der Waals surface area contributed by atoms with Crippen molar-refractivity contribution in [3.8, 4) is 0 Å². The summed E-state index contributed by atoms with van der Waals surface area (Å²) in [6.45, 7) is 0. The second kappa shape index (κ2) is 2.90. The molecule has 66 valence electrons. The number of hydrogen-bond donors (Lipinski definition) is 1. The van der Waals surface area contributed by atoms with Gasteiger partial charge in [-0.3, -0.25) is 4.79 Å². The number of furan rings is 1. The van der Waals surface area contributed by atoms with Crippen LogP contribution in [0.1, 0.15) is 5.56 Å². The number of aromatic nitrogens is 1. The number of amides is 1. The molecule has 0 aliphatic carbocycles. The number of nitrogens with two attached hydrogens (primary N) is 1. The molecule has 0 bridgehead atoms. The van der Waals surface area contributed by atoms with Gasteiger partial charge in [0.15, 0.2) is 0 Å². The van der Waals surface area contributed by atoms with E-state index in [0.717, 1.165) is 10.9 Å². The third-order valence-corrected chi connectivity index (χ3v) is 1.79. The molecular formula is C9H8N2O2. The first-order valence-electron chi connectivity index (χ1n) is 3.87. The largest absolute Gasteiger partial charge is 0.446 e. The van der Waals surface area contributed by atoms with Gasteiger partial charge in [0.25, 0.3) is 0 Å². The quantitative estimate of drug-likeness (QED) is 0.737. The van der Waals surface area contributed by atoms with Crippen molar-refractivity contribution in [3.63, 3.8) is 0 Å². The van der Waals surface area contributed by atoms with E-state index in [1.165, 1.54) is 6.26 Å². The Morgan fingerprint density at radius 3 is 3.23 bits per heavy atom. The van der Waals surface area contributed by atoms with Crippen LogP contribution in [-0.2, 0) is 11.2 Å². The van der Waals surface area contributed by atoms with E-state index in [0.29, 0.717) is 5.71 Å². The number of carbonyl (C=O) groups excluding carboxylic acids is 1. The molecule has 0 aliphatic heterocycles. The van der Waals surface area contributed by atoms with Crippen LogP contribution in [0.5, 0.6) is 0 Å². The molecule has 0 fully saturated rings. The van der Waals surface area contributed by atoms with E-state index in [-0.39, 0.29) is 12.3 Å². The van der Waals surface area contributed by atoms with Gasteiger partial charge in [-0.15, -0.1) is 0 Å². The first kappa shape index (κ1) is 7.79. The lowest BCUT2D eigenvalue weighted by Gasteiger charge is -1.91. The minimum atomic E-state index is -0.369. The molecule has 0 radical (unpaired) electrons. The van der Waals surface area contributed by atoms with Crippen LogP contribution < -0.4 is 5.73 Å². The van der Waals surface area contributed by atoms with E-state index >= 15 is 0 Å². The summed E-state index contributed by atoms with van der Waals surface area (Å²) < 4.78 is 5.13. The fourth-order valence-corrected chi connectivity index (χ4v) is 1.24. The number of primary amides is 1. The maximum absolute atomic E-state index is 10.7. The highest BCUT2D eigenvalue weighted by molar-refractivity contribution is 5.85. The lowest BCUT2D eigenvalue weighted by Crippen LogP contribution is -2.13. The summed E-state index contributed by atoms with van der Waals surface area (Å²) >= 11 is 0. The fraction of sp³-hybridized carbons (Fsp3) is 0.111. The predicted molar refractivity (Wildman–Crippen MR) is 46.9 cm³/mol. The Morgan fingerprint density at radius 1 is 1.62 bits per heavy atom. The number of rotatable bonds is 2. The highest BCUT2D eigenvalue weighted by atomic mass is 16.3. The molecular weight excluding hydrogens is 168 g/mol. The molecule has 2 N–H and O–H groups in total. The normalized spacial score (nSPS) is 10.5. The van der Waals surface area contributed by atoms with Crippen molar-refractivity contribution >= 4 is 17.0 Å². The standard InChI is InChI=1S/C9H8N2O2/c10-8(12)4-6-5-13-9-7(6)2-1-3-11-9/h1-3,5H,4H2,(H2,10,12). The molecule has 4 heteroatoms. The number of hydrogen-bond acceptors (Lipinski definition) is 3. The molecule has 0 unspecified atom stereocenters. The summed E-state index contributed by atoms with van der Waals surface area (Å²) in [6.07, 6.45) is 3.35. The summed E-state index contributed by atoms with van der Waals surface area (Å²) in [5.74, 6) is -0.369. The minimum absolute atomic E-state index is 0.193. The molecule has 0 aliphatic rings. The van der Waals surface area contributed by atoms with E-state index in [1.807, 2.05) is 6.07 Å². The second-order valence-corrected chi connectivity index (χ2v) is 2.76. The van der Waals surface area contributed by atoms with Crippen molar-refractivity contribution in [2.75, 3.05) is 0 Å². The van der Waals surface area contributed by atoms with Crippen molar-refractivity contribution in [2.45, 2.75) is 6.42 Å². The Labute approximate surface area is 74.4 Å². The topological polar surface area (TPSA) is 69.1 Å². The van der Waals surface area contributed by atoms with Crippen LogP contribution in [0.15, 0.2) is 29.0 Å². The van der Waals surface area contributed by atoms with Gasteiger partial charge in [-0.2, -0.15) is 0 Å². The molecule has 2 aromatic heterocycles. The Kier molecular flexibility index (Phi) is 1.73. The molecule has 2 heterocycles. The summed E-state index contributed by atoms with van der Waals surface area (Å²) in [6, 6.07) is 3.65. The number of fused-ring (bicyclic) bond motifs is 1. The van der Waals surface area contributed by atoms with Gasteiger partial charge in [-0.1, -0.05) is 0 Å². The zero-order chi connectivity index (χ0) is 9.26. The Balaban J connectivity index is 2.51. The monoisotopic (exact) mass is 176 g/mol. The van der Waals surface area contributed by atoms with E-state index < -0.39 is 0 Å². The average Bonchev–Trinajstić information content (AvgIpc) is 2.48. The van der Waals surface area contributed by atoms with Crippen LogP contribution in [-0.4, -0.2) is 10.9 Å². The summed E-state index contributed by atoms with van der Waals surface area (Å²) in [7, 11) is 0. The maximum Gasteiger partial charge on any atom is 0.226 e. The molecule has 4 nitrogen and oxygen atoms in total. The van der Waals surface area contributed by atoms with Crippen LogP contribution in [0.2, 0.25) is 0 Å². The molecule has 2 rings (SSSR count). The lowest BCUT2D eigenvalue weighted by atomic mass is 10.1. The van der Waals surface area contributed by atoms with Gasteiger partial charge in [-0.05, 0) is 12.1 Å². The van der Waals surface area contributed by atoms with Crippen LogP contribution >= 0.6 is 0 Å². The lowest BCUT2D eigenvalue weighted by molar-refractivity contribution is -0.117. The van der Waals surface area contributed by atoms with Crippen LogP contribution in [0.3, 0.4) is 0 Å². The molecule has 0 saturated carbocycles. The van der Waals surface area contributed by atoms with Crippen LogP contribution in [0, 0.1) is 0 Å². The maximum atomic E-state index is 10.7. The van der Waals surface area contributed by atoms with Crippen LogP contribution in [0.4, 0.5) is 0 Å². The average molecular weight is 176 g/mol. The summed E-state index contributed by atoms with van der Waals surface area (Å²) in [4.78, 5) is 14.7. The fourth-order valence-electron chi connectivity index (χ4n) is 1.24. The highest BCUT2D eigenvalue weighted by Crippen LogP contribution is 2.18. The molecule has 1 amide bonds. The molecule has 0 spiro atoms. The zero-order valence-corrected chi connectivity index (χ0v) is 6.86. The zero-order valence-electron chi connectivity index (χ0n) is 6.86. The van der Waals surface area contributed by atoms with Gasteiger partial charge < -0.3 is 10.2 Å². The first-order valence-corrected chi connectivity index (χ1v) is 3.87. The molecule has 0 atom stereocenters. The minimum Gasteiger partial charge on any atom is -0.446 e. The SMILES string of the molecule is NC(=O)Cc1coc2ncccc12. The predicted octanol–water partition coefficient (Wildman–Crippen LogP) is 0.856. The third-order valence-electron chi connectivity index (χ3n) is 1.79. The van der Waals surface area contributed by atoms with E-state index in [1.54, 1.807) is 12.3 Å². The number of nitrogens with zero attached hydrogens (tertiary/aromatic N) is 1. The smallest absolute Gasteiger partial charge is 0.226 e. The van der Waals surface area contributed by atoms with Crippen molar-refractivity contribution in [1.82, 2.24) is 4.98 Å². The Bertz CT molecular complexity index is 448. The van der Waals surface area contributed by atoms with Crippen LogP contribution in [0.25, 0.3) is 11.1 Å². The van der Waals surface area contributed by atoms with Crippen molar-refractivity contribution in [2.24, 2.45) is 5.73 Å². The Hall–Kier alpha value is -1.84. The summed E-state index contributed by atoms with van der Waals surface area (Å²) in [5.41, 5.74) is 6.40. The van der Waals surface area contributed by atoms with Gasteiger partial charge in [-0.25, -0.2) is 4.98 Å². The highest BCUT2D eigenvalue weighted by Gasteiger charge is 2.07. The van der Waals surface area contributed by atoms with Gasteiger partial charge in [0, 0.05) is 17.1 Å². The van der Waals surface area contributed by atoms with E-state index in [4.69, 9.17) is 10.2 Å². The van der Waals surface area contributed by atoms with Crippen molar-refractivity contribution in [1.29, 1.82) is 0 Å². The van der Waals surface area contributed by atoms with Gasteiger partial charge in [0.1, 0.15) is 0 Å². The van der Waals surface area contributed by atoms with Crippen molar-refractivity contribution < 1.29 is 9.21 Å². The molecule has 0 saturated heterocycles. The number of carbonyl (C=O) groups is 1. The second-order valence-electron chi connectivity index (χ2n) is 2.76.